The Morgan fingerprint density at radius 1 is 0.333 bits per heavy atom. The predicted octanol–water partition coefficient (Wildman–Crippen LogP) is 8.79. The minimum absolute atomic E-state index is 1.29. The van der Waals surface area contributed by atoms with Gasteiger partial charge in [-0.2, -0.15) is 0 Å². The summed E-state index contributed by atoms with van der Waals surface area (Å²) in [4.78, 5) is 0. The van der Waals surface area contributed by atoms with Crippen LogP contribution in [0.1, 0.15) is 142 Å². The van der Waals surface area contributed by atoms with E-state index in [-0.39, 0.29) is 0 Å². The molecule has 0 unspecified atom stereocenters. The molecule has 24 heavy (non-hydrogen) atoms. The van der Waals surface area contributed by atoms with E-state index >= 15 is 0 Å². The molecule has 2 radical (unpaired) electrons. The van der Waals surface area contributed by atoms with Gasteiger partial charge in [-0.15, -0.1) is 5.28 Å². The lowest BCUT2D eigenvalue weighted by molar-refractivity contribution is 0.521. The van der Waals surface area contributed by atoms with Crippen LogP contribution in [0.4, 0.5) is 0 Å². The molecule has 0 aliphatic carbocycles. The summed E-state index contributed by atoms with van der Waals surface area (Å²) >= 11 is 2.84. The van der Waals surface area contributed by atoms with Crippen LogP contribution in [0.3, 0.4) is 0 Å². The van der Waals surface area contributed by atoms with E-state index in [1.807, 2.05) is 0 Å². The third-order valence-corrected chi connectivity index (χ3v) is 5.72. The van der Waals surface area contributed by atoms with Gasteiger partial charge in [0.25, 0.3) is 0 Å². The van der Waals surface area contributed by atoms with E-state index in [1.54, 1.807) is 0 Å². The molecule has 0 saturated heterocycles. The minimum atomic E-state index is 1.29. The normalized spacial score (nSPS) is 11.2. The molecule has 1 heteroatoms. The standard InChI is InChI=1S/C23H47.Al/c1-3-5-7-9-11-13-15-17-19-21-23-22-20-18-16-14-12-10-8-6-4-2;/h1,3-23H2,2H3;. The molecule has 0 saturated carbocycles. The molecule has 0 aliphatic rings. The van der Waals surface area contributed by atoms with Crippen molar-refractivity contribution in [1.82, 2.24) is 0 Å². The van der Waals surface area contributed by atoms with Gasteiger partial charge < -0.3 is 0 Å². The fraction of sp³-hybridized carbons (Fsp3) is 1.00. The zero-order chi connectivity index (χ0) is 17.6. The summed E-state index contributed by atoms with van der Waals surface area (Å²) in [6.45, 7) is 2.30. The molecule has 0 heterocycles. The highest BCUT2D eigenvalue weighted by Crippen LogP contribution is 2.15. The molecule has 0 fully saturated rings. The maximum absolute atomic E-state index is 2.84. The average molecular weight is 351 g/mol. The van der Waals surface area contributed by atoms with E-state index in [1.165, 1.54) is 140 Å². The van der Waals surface area contributed by atoms with Gasteiger partial charge in [-0.3, -0.25) is 0 Å². The third kappa shape index (κ3) is 22.5. The Morgan fingerprint density at radius 3 is 0.750 bits per heavy atom. The van der Waals surface area contributed by atoms with Crippen LogP contribution in [0.2, 0.25) is 5.28 Å². The van der Waals surface area contributed by atoms with Crippen LogP contribution in [0.5, 0.6) is 0 Å². The molecule has 0 bridgehead atoms. The quantitative estimate of drug-likeness (QED) is 0.143. The van der Waals surface area contributed by atoms with Crippen LogP contribution in [-0.2, 0) is 0 Å². The SMILES string of the molecule is CCCCCCCCCCCCCCCCCCCCCC[CH2][Al]. The first-order valence-electron chi connectivity index (χ1n) is 11.6. The van der Waals surface area contributed by atoms with Crippen molar-refractivity contribution in [2.75, 3.05) is 0 Å². The van der Waals surface area contributed by atoms with Gasteiger partial charge in [0.15, 0.2) is 0 Å². The Hall–Kier alpha value is 0.532. The van der Waals surface area contributed by atoms with Gasteiger partial charge in [0.2, 0.25) is 0 Å². The predicted molar refractivity (Wildman–Crippen MR) is 113 cm³/mol. The van der Waals surface area contributed by atoms with E-state index in [0.717, 1.165) is 0 Å². The monoisotopic (exact) mass is 350 g/mol. The zero-order valence-corrected chi connectivity index (χ0v) is 18.3. The van der Waals surface area contributed by atoms with E-state index in [9.17, 15) is 0 Å². The number of hydrogen-bond acceptors (Lipinski definition) is 0. The summed E-state index contributed by atoms with van der Waals surface area (Å²) in [6, 6.07) is 0. The molecule has 0 spiro atoms. The Morgan fingerprint density at radius 2 is 0.542 bits per heavy atom. The van der Waals surface area contributed by atoms with E-state index in [4.69, 9.17) is 0 Å². The number of rotatable bonds is 21. The Kier molecular flexibility index (Phi) is 24.1. The van der Waals surface area contributed by atoms with Crippen molar-refractivity contribution in [1.29, 1.82) is 0 Å². The van der Waals surface area contributed by atoms with Crippen LogP contribution in [0, 0.1) is 0 Å². The fourth-order valence-electron chi connectivity index (χ4n) is 3.58. The van der Waals surface area contributed by atoms with Crippen molar-refractivity contribution in [2.24, 2.45) is 0 Å². The summed E-state index contributed by atoms with van der Waals surface area (Å²) in [5, 5.41) is 1.29. The summed E-state index contributed by atoms with van der Waals surface area (Å²) in [5.41, 5.74) is 0. The Balaban J connectivity index is 2.93. The lowest BCUT2D eigenvalue weighted by Gasteiger charge is -2.04. The fourth-order valence-corrected chi connectivity index (χ4v) is 3.86. The van der Waals surface area contributed by atoms with Crippen molar-refractivity contribution in [3.8, 4) is 0 Å². The molecule has 0 aliphatic heterocycles. The van der Waals surface area contributed by atoms with Crippen LogP contribution in [0.25, 0.3) is 0 Å². The second-order valence-corrected chi connectivity index (χ2v) is 8.44. The van der Waals surface area contributed by atoms with E-state index < -0.39 is 0 Å². The highest BCUT2D eigenvalue weighted by molar-refractivity contribution is 6.08. The molecule has 0 N–H and O–H groups in total. The molecule has 0 rings (SSSR count). The second-order valence-electron chi connectivity index (χ2n) is 7.86. The molecule has 0 aromatic carbocycles. The molecule has 142 valence electrons. The summed E-state index contributed by atoms with van der Waals surface area (Å²) in [7, 11) is 0. The van der Waals surface area contributed by atoms with Gasteiger partial charge in [-0.1, -0.05) is 142 Å². The summed E-state index contributed by atoms with van der Waals surface area (Å²) in [6.07, 6.45) is 30.9. The van der Waals surface area contributed by atoms with E-state index in [0.29, 0.717) is 0 Å². The third-order valence-electron chi connectivity index (χ3n) is 5.31. The molecule has 0 nitrogen and oxygen atoms in total. The van der Waals surface area contributed by atoms with Gasteiger partial charge in [0.05, 0.1) is 0 Å². The number of hydrogen-bond donors (Lipinski definition) is 0. The largest absolute Gasteiger partial charge is 0.118 e. The van der Waals surface area contributed by atoms with Crippen LogP contribution in [0.15, 0.2) is 0 Å². The topological polar surface area (TPSA) is 0 Å². The van der Waals surface area contributed by atoms with E-state index in [2.05, 4.69) is 23.2 Å². The molecular formula is C23H47Al. The molecule has 0 aromatic heterocycles. The maximum atomic E-state index is 2.84. The van der Waals surface area contributed by atoms with Crippen molar-refractivity contribution in [3.63, 3.8) is 0 Å². The summed E-state index contributed by atoms with van der Waals surface area (Å²) < 4.78 is 0. The number of unbranched alkanes of at least 4 members (excludes halogenated alkanes) is 20. The van der Waals surface area contributed by atoms with Gasteiger partial charge in [0.1, 0.15) is 16.3 Å². The Bertz CT molecular complexity index is 180. The zero-order valence-electron chi connectivity index (χ0n) is 17.1. The first-order chi connectivity index (χ1) is 11.9. The van der Waals surface area contributed by atoms with Crippen molar-refractivity contribution < 1.29 is 0 Å². The van der Waals surface area contributed by atoms with Crippen molar-refractivity contribution >= 4 is 16.3 Å². The van der Waals surface area contributed by atoms with Crippen molar-refractivity contribution in [3.05, 3.63) is 0 Å². The molecule has 0 atom stereocenters. The van der Waals surface area contributed by atoms with Gasteiger partial charge in [-0.05, 0) is 0 Å². The highest BCUT2D eigenvalue weighted by Gasteiger charge is 1.95. The smallest absolute Gasteiger partial charge is 0.118 e. The highest BCUT2D eigenvalue weighted by atomic mass is 27.0. The summed E-state index contributed by atoms with van der Waals surface area (Å²) in [5.74, 6) is 0. The van der Waals surface area contributed by atoms with Crippen molar-refractivity contribution in [2.45, 2.75) is 147 Å². The van der Waals surface area contributed by atoms with Crippen LogP contribution < -0.4 is 0 Å². The van der Waals surface area contributed by atoms with Gasteiger partial charge in [0, 0.05) is 0 Å². The average Bonchev–Trinajstić information content (AvgIpc) is 2.60. The van der Waals surface area contributed by atoms with Gasteiger partial charge >= 0.3 is 0 Å². The first kappa shape index (κ1) is 24.5. The van der Waals surface area contributed by atoms with Gasteiger partial charge in [-0.25, -0.2) is 0 Å². The lowest BCUT2D eigenvalue weighted by Crippen LogP contribution is -1.84. The molecular weight excluding hydrogens is 303 g/mol. The second kappa shape index (κ2) is 23.5. The minimum Gasteiger partial charge on any atom is -0.118 e. The maximum Gasteiger partial charge on any atom is 0.118 e. The molecule has 0 amide bonds. The van der Waals surface area contributed by atoms with Crippen LogP contribution >= 0.6 is 0 Å². The Labute approximate surface area is 163 Å². The molecule has 0 aromatic rings. The van der Waals surface area contributed by atoms with Crippen LogP contribution in [-0.4, -0.2) is 16.3 Å². The lowest BCUT2D eigenvalue weighted by atomic mass is 10.0. The first-order valence-corrected chi connectivity index (χ1v) is 12.4.